The average Bonchev–Trinajstić information content (AvgIpc) is 2.65. The molecule has 5 nitrogen and oxygen atoms in total. The van der Waals surface area contributed by atoms with Crippen molar-refractivity contribution in [1.29, 1.82) is 0 Å². The SMILES string of the molecule is Cc1ccc(N2CC(Cc3ccccc3)N(C(=O)CCN)CC2=O)cc1. The molecule has 0 saturated carbocycles. The highest BCUT2D eigenvalue weighted by atomic mass is 16.2. The summed E-state index contributed by atoms with van der Waals surface area (Å²) in [5.41, 5.74) is 8.74. The molecule has 1 unspecified atom stereocenters. The van der Waals surface area contributed by atoms with Crippen LogP contribution < -0.4 is 10.6 Å². The van der Waals surface area contributed by atoms with Gasteiger partial charge in [-0.1, -0.05) is 48.0 Å². The first-order valence-corrected chi connectivity index (χ1v) is 8.99. The van der Waals surface area contributed by atoms with E-state index in [4.69, 9.17) is 5.73 Å². The average molecular weight is 351 g/mol. The monoisotopic (exact) mass is 351 g/mol. The number of hydrogen-bond acceptors (Lipinski definition) is 3. The van der Waals surface area contributed by atoms with Crippen LogP contribution in [0.25, 0.3) is 0 Å². The lowest BCUT2D eigenvalue weighted by Gasteiger charge is -2.41. The van der Waals surface area contributed by atoms with Gasteiger partial charge in [-0.3, -0.25) is 9.59 Å². The van der Waals surface area contributed by atoms with Crippen molar-refractivity contribution in [2.75, 3.05) is 24.5 Å². The maximum Gasteiger partial charge on any atom is 0.246 e. The van der Waals surface area contributed by atoms with E-state index in [9.17, 15) is 9.59 Å². The summed E-state index contributed by atoms with van der Waals surface area (Å²) in [4.78, 5) is 28.7. The van der Waals surface area contributed by atoms with E-state index >= 15 is 0 Å². The minimum absolute atomic E-state index is 0.0506. The first-order chi connectivity index (χ1) is 12.6. The van der Waals surface area contributed by atoms with Gasteiger partial charge in [0, 0.05) is 25.2 Å². The predicted molar refractivity (Wildman–Crippen MR) is 103 cm³/mol. The van der Waals surface area contributed by atoms with Crippen LogP contribution in [0.5, 0.6) is 0 Å². The lowest BCUT2D eigenvalue weighted by molar-refractivity contribution is -0.139. The summed E-state index contributed by atoms with van der Waals surface area (Å²) in [7, 11) is 0. The molecule has 26 heavy (non-hydrogen) atoms. The summed E-state index contributed by atoms with van der Waals surface area (Å²) in [5, 5.41) is 0. The summed E-state index contributed by atoms with van der Waals surface area (Å²) in [6.07, 6.45) is 0.982. The molecular weight excluding hydrogens is 326 g/mol. The van der Waals surface area contributed by atoms with Crippen LogP contribution in [0.2, 0.25) is 0 Å². The van der Waals surface area contributed by atoms with Crippen LogP contribution in [-0.4, -0.2) is 42.4 Å². The fourth-order valence-corrected chi connectivity index (χ4v) is 3.37. The molecule has 2 aromatic rings. The molecule has 1 aliphatic heterocycles. The van der Waals surface area contributed by atoms with E-state index in [-0.39, 0.29) is 30.8 Å². The number of hydrogen-bond donors (Lipinski definition) is 1. The first kappa shape index (κ1) is 18.1. The third kappa shape index (κ3) is 4.11. The number of carbonyl (C=O) groups is 2. The van der Waals surface area contributed by atoms with Gasteiger partial charge in [-0.2, -0.15) is 0 Å². The Morgan fingerprint density at radius 1 is 1.12 bits per heavy atom. The Morgan fingerprint density at radius 2 is 1.81 bits per heavy atom. The van der Waals surface area contributed by atoms with Crippen LogP contribution in [0.4, 0.5) is 5.69 Å². The highest BCUT2D eigenvalue weighted by Gasteiger charge is 2.35. The van der Waals surface area contributed by atoms with E-state index in [0.29, 0.717) is 19.5 Å². The molecule has 1 atom stereocenters. The highest BCUT2D eigenvalue weighted by molar-refractivity contribution is 5.98. The third-order valence-corrected chi connectivity index (χ3v) is 4.78. The van der Waals surface area contributed by atoms with Crippen LogP contribution in [0.1, 0.15) is 17.5 Å². The highest BCUT2D eigenvalue weighted by Crippen LogP contribution is 2.23. The number of piperazine rings is 1. The molecule has 0 radical (unpaired) electrons. The van der Waals surface area contributed by atoms with Crippen molar-refractivity contribution in [2.45, 2.75) is 25.8 Å². The number of nitrogens with zero attached hydrogens (tertiary/aromatic N) is 2. The standard InChI is InChI=1S/C21H25N3O2/c1-16-7-9-18(10-8-16)23-14-19(13-17-5-3-2-4-6-17)24(15-21(23)26)20(25)11-12-22/h2-10,19H,11-15,22H2,1H3. The van der Waals surface area contributed by atoms with E-state index in [2.05, 4.69) is 12.1 Å². The van der Waals surface area contributed by atoms with Gasteiger partial charge in [0.2, 0.25) is 11.8 Å². The van der Waals surface area contributed by atoms with Crippen LogP contribution in [0.15, 0.2) is 54.6 Å². The molecule has 1 aliphatic rings. The quantitative estimate of drug-likeness (QED) is 0.897. The number of carbonyl (C=O) groups excluding carboxylic acids is 2. The first-order valence-electron chi connectivity index (χ1n) is 8.99. The molecule has 5 heteroatoms. The summed E-state index contributed by atoms with van der Waals surface area (Å²) < 4.78 is 0. The molecule has 0 bridgehead atoms. The van der Waals surface area contributed by atoms with Crippen molar-refractivity contribution in [3.05, 3.63) is 65.7 Å². The van der Waals surface area contributed by atoms with Gasteiger partial charge in [0.15, 0.2) is 0 Å². The molecule has 3 rings (SSSR count). The van der Waals surface area contributed by atoms with Crippen molar-refractivity contribution < 1.29 is 9.59 Å². The van der Waals surface area contributed by atoms with Gasteiger partial charge in [-0.05, 0) is 31.0 Å². The van der Waals surface area contributed by atoms with Crippen LogP contribution in [0, 0.1) is 6.92 Å². The smallest absolute Gasteiger partial charge is 0.246 e. The van der Waals surface area contributed by atoms with Crippen molar-refractivity contribution in [3.8, 4) is 0 Å². The van der Waals surface area contributed by atoms with Crippen molar-refractivity contribution in [2.24, 2.45) is 5.73 Å². The summed E-state index contributed by atoms with van der Waals surface area (Å²) >= 11 is 0. The summed E-state index contributed by atoms with van der Waals surface area (Å²) in [6, 6.07) is 17.9. The van der Waals surface area contributed by atoms with Gasteiger partial charge in [0.1, 0.15) is 6.54 Å². The Balaban J connectivity index is 1.85. The molecule has 2 amide bonds. The lowest BCUT2D eigenvalue weighted by Crippen LogP contribution is -2.59. The zero-order valence-corrected chi connectivity index (χ0v) is 15.1. The maximum atomic E-state index is 12.7. The third-order valence-electron chi connectivity index (χ3n) is 4.78. The molecule has 0 spiro atoms. The number of benzene rings is 2. The maximum absolute atomic E-state index is 12.7. The van der Waals surface area contributed by atoms with E-state index in [1.165, 1.54) is 0 Å². The topological polar surface area (TPSA) is 66.6 Å². The lowest BCUT2D eigenvalue weighted by atomic mass is 10.0. The summed E-state index contributed by atoms with van der Waals surface area (Å²) in [5.74, 6) is -0.103. The molecule has 2 N–H and O–H groups in total. The molecular formula is C21H25N3O2. The second-order valence-electron chi connectivity index (χ2n) is 6.74. The zero-order valence-electron chi connectivity index (χ0n) is 15.1. The second-order valence-corrected chi connectivity index (χ2v) is 6.74. The van der Waals surface area contributed by atoms with E-state index in [0.717, 1.165) is 16.8 Å². The largest absolute Gasteiger partial charge is 0.330 e. The van der Waals surface area contributed by atoms with Gasteiger partial charge < -0.3 is 15.5 Å². The number of amides is 2. The Labute approximate surface area is 154 Å². The Kier molecular flexibility index (Phi) is 5.68. The zero-order chi connectivity index (χ0) is 18.5. The fourth-order valence-electron chi connectivity index (χ4n) is 3.37. The van der Waals surface area contributed by atoms with Crippen molar-refractivity contribution >= 4 is 17.5 Å². The minimum atomic E-state index is -0.0598. The summed E-state index contributed by atoms with van der Waals surface area (Å²) in [6.45, 7) is 2.91. The van der Waals surface area contributed by atoms with Crippen molar-refractivity contribution in [1.82, 2.24) is 4.90 Å². The number of rotatable bonds is 5. The van der Waals surface area contributed by atoms with E-state index in [1.807, 2.05) is 49.4 Å². The van der Waals surface area contributed by atoms with E-state index in [1.54, 1.807) is 9.80 Å². The van der Waals surface area contributed by atoms with Crippen molar-refractivity contribution in [3.63, 3.8) is 0 Å². The molecule has 1 saturated heterocycles. The van der Waals surface area contributed by atoms with Gasteiger partial charge in [-0.25, -0.2) is 0 Å². The Hall–Kier alpha value is -2.66. The fraction of sp³-hybridized carbons (Fsp3) is 0.333. The Morgan fingerprint density at radius 3 is 2.46 bits per heavy atom. The second kappa shape index (κ2) is 8.15. The van der Waals surface area contributed by atoms with Gasteiger partial charge in [-0.15, -0.1) is 0 Å². The number of anilines is 1. The molecule has 1 heterocycles. The van der Waals surface area contributed by atoms with Crippen LogP contribution >= 0.6 is 0 Å². The normalized spacial score (nSPS) is 17.5. The van der Waals surface area contributed by atoms with Crippen LogP contribution in [-0.2, 0) is 16.0 Å². The molecule has 0 aliphatic carbocycles. The molecule has 2 aromatic carbocycles. The van der Waals surface area contributed by atoms with Gasteiger partial charge in [0.05, 0.1) is 6.04 Å². The molecule has 1 fully saturated rings. The molecule has 136 valence electrons. The predicted octanol–water partition coefficient (Wildman–Crippen LogP) is 2.13. The van der Waals surface area contributed by atoms with Gasteiger partial charge >= 0.3 is 0 Å². The number of aryl methyl sites for hydroxylation is 1. The Bertz CT molecular complexity index is 759. The van der Waals surface area contributed by atoms with E-state index < -0.39 is 0 Å². The molecule has 0 aromatic heterocycles. The minimum Gasteiger partial charge on any atom is -0.330 e. The van der Waals surface area contributed by atoms with Crippen LogP contribution in [0.3, 0.4) is 0 Å². The van der Waals surface area contributed by atoms with Gasteiger partial charge in [0.25, 0.3) is 0 Å². The number of nitrogens with two attached hydrogens (primary N) is 1.